The number of carbonyl (C=O) groups excluding carboxylic acids is 2. The Morgan fingerprint density at radius 2 is 1.76 bits per heavy atom. The van der Waals surface area contributed by atoms with Crippen LogP contribution in [0.15, 0.2) is 52.8 Å². The average Bonchev–Trinajstić information content (AvgIpc) is 3.40. The molecule has 0 aliphatic carbocycles. The number of allylic oxidation sites excluding steroid dienone is 1. The van der Waals surface area contributed by atoms with Gasteiger partial charge in [0.2, 0.25) is 11.7 Å². The molecule has 12 heteroatoms. The van der Waals surface area contributed by atoms with E-state index in [1.54, 1.807) is 33.1 Å². The standard InChI is InChI=1S/C30H36N4O7S/c1-7-41-29(36)26-17(2)33-30(34-27(26)19-12-23(38-4)28(40-6)24(13-19)39-5)42-16-25(35)31-11-10-18-15-32-22-9-8-20(37-3)14-21(18)22/h8-9,12-15,27,32H,7,10-11,16H2,1-6H3,(H,31,35)(H,33,34). The van der Waals surface area contributed by atoms with Gasteiger partial charge in [0.15, 0.2) is 16.7 Å². The van der Waals surface area contributed by atoms with Crippen molar-refractivity contribution < 1.29 is 33.3 Å². The molecule has 1 aromatic heterocycles. The monoisotopic (exact) mass is 596 g/mol. The maximum absolute atomic E-state index is 13.0. The fraction of sp³-hybridized carbons (Fsp3) is 0.367. The number of benzene rings is 2. The SMILES string of the molecule is CCOC(=O)C1=C(C)NC(SCC(=O)NCCc2c[nH]c3ccc(OC)cc23)=NC1c1cc(OC)c(OC)c(OC)c1. The van der Waals surface area contributed by atoms with Gasteiger partial charge in [0.05, 0.1) is 46.4 Å². The summed E-state index contributed by atoms with van der Waals surface area (Å²) in [6.07, 6.45) is 2.61. The van der Waals surface area contributed by atoms with Gasteiger partial charge in [0.25, 0.3) is 0 Å². The maximum Gasteiger partial charge on any atom is 0.338 e. The van der Waals surface area contributed by atoms with E-state index in [-0.39, 0.29) is 18.3 Å². The number of ether oxygens (including phenoxy) is 5. The molecule has 1 unspecified atom stereocenters. The Morgan fingerprint density at radius 3 is 2.40 bits per heavy atom. The number of carbonyl (C=O) groups is 2. The second kappa shape index (κ2) is 14.0. The summed E-state index contributed by atoms with van der Waals surface area (Å²) in [6.45, 7) is 4.22. The Balaban J connectivity index is 1.47. The van der Waals surface area contributed by atoms with Crippen LogP contribution in [0.25, 0.3) is 10.9 Å². The summed E-state index contributed by atoms with van der Waals surface area (Å²) in [6, 6.07) is 8.65. The lowest BCUT2D eigenvalue weighted by Gasteiger charge is -2.26. The second-order valence-electron chi connectivity index (χ2n) is 9.29. The van der Waals surface area contributed by atoms with E-state index < -0.39 is 12.0 Å². The van der Waals surface area contributed by atoms with Crippen LogP contribution in [0, 0.1) is 0 Å². The molecule has 224 valence electrons. The highest BCUT2D eigenvalue weighted by atomic mass is 32.2. The molecule has 4 rings (SSSR count). The predicted octanol–water partition coefficient (Wildman–Crippen LogP) is 4.13. The molecular formula is C30H36N4O7S. The topological polar surface area (TPSA) is 132 Å². The van der Waals surface area contributed by atoms with Crippen molar-refractivity contribution >= 4 is 39.7 Å². The number of nitrogens with zero attached hydrogens (tertiary/aromatic N) is 1. The first-order chi connectivity index (χ1) is 20.3. The molecule has 0 spiro atoms. The zero-order valence-corrected chi connectivity index (χ0v) is 25.4. The number of methoxy groups -OCH3 is 4. The van der Waals surface area contributed by atoms with E-state index >= 15 is 0 Å². The molecule has 2 heterocycles. The minimum Gasteiger partial charge on any atom is -0.497 e. The number of aromatic amines is 1. The van der Waals surface area contributed by atoms with Gasteiger partial charge in [-0.05, 0) is 61.7 Å². The van der Waals surface area contributed by atoms with Crippen molar-refractivity contribution in [2.24, 2.45) is 4.99 Å². The number of hydrogen-bond donors (Lipinski definition) is 3. The number of rotatable bonds is 12. The van der Waals surface area contributed by atoms with Crippen molar-refractivity contribution in [2.75, 3.05) is 47.3 Å². The summed E-state index contributed by atoms with van der Waals surface area (Å²) in [7, 11) is 6.21. The van der Waals surface area contributed by atoms with E-state index in [2.05, 4.69) is 15.6 Å². The molecule has 1 atom stereocenters. The van der Waals surface area contributed by atoms with Crippen LogP contribution in [0.5, 0.6) is 23.0 Å². The van der Waals surface area contributed by atoms with Gasteiger partial charge in [-0.25, -0.2) is 9.79 Å². The van der Waals surface area contributed by atoms with Crippen molar-refractivity contribution in [3.8, 4) is 23.0 Å². The van der Waals surface area contributed by atoms with E-state index in [4.69, 9.17) is 28.7 Å². The van der Waals surface area contributed by atoms with Crippen LogP contribution in [0.2, 0.25) is 0 Å². The Bertz CT molecular complexity index is 1490. The first kappa shape index (κ1) is 30.6. The number of fused-ring (bicyclic) bond motifs is 1. The molecule has 0 saturated carbocycles. The summed E-state index contributed by atoms with van der Waals surface area (Å²) in [4.78, 5) is 33.8. The quantitative estimate of drug-likeness (QED) is 0.264. The number of thioether (sulfide) groups is 1. The number of hydrogen-bond acceptors (Lipinski definition) is 10. The zero-order valence-electron chi connectivity index (χ0n) is 24.6. The summed E-state index contributed by atoms with van der Waals surface area (Å²) in [5.41, 5.74) is 3.69. The van der Waals surface area contributed by atoms with Gasteiger partial charge in [-0.3, -0.25) is 4.79 Å². The van der Waals surface area contributed by atoms with Crippen molar-refractivity contribution in [1.82, 2.24) is 15.6 Å². The molecule has 1 aliphatic heterocycles. The molecule has 0 fully saturated rings. The van der Waals surface area contributed by atoms with Crippen LogP contribution in [0.1, 0.15) is 31.0 Å². The Kier molecular flexibility index (Phi) is 10.2. The van der Waals surface area contributed by atoms with Gasteiger partial charge >= 0.3 is 5.97 Å². The fourth-order valence-electron chi connectivity index (χ4n) is 4.71. The Labute approximate surface area is 249 Å². The van der Waals surface area contributed by atoms with Gasteiger partial charge in [-0.15, -0.1) is 0 Å². The van der Waals surface area contributed by atoms with Crippen LogP contribution in [-0.2, 0) is 20.7 Å². The zero-order chi connectivity index (χ0) is 30.2. The van der Waals surface area contributed by atoms with Crippen molar-refractivity contribution in [2.45, 2.75) is 26.3 Å². The number of aliphatic imine (C=N–C) groups is 1. The normalized spacial score (nSPS) is 14.6. The molecule has 2 aromatic carbocycles. The van der Waals surface area contributed by atoms with Crippen molar-refractivity contribution in [1.29, 1.82) is 0 Å². The molecule has 11 nitrogen and oxygen atoms in total. The summed E-state index contributed by atoms with van der Waals surface area (Å²) in [5.74, 6) is 1.60. The number of H-pyrrole nitrogens is 1. The smallest absolute Gasteiger partial charge is 0.338 e. The number of aromatic nitrogens is 1. The molecule has 0 saturated heterocycles. The molecule has 42 heavy (non-hydrogen) atoms. The molecule has 3 N–H and O–H groups in total. The van der Waals surface area contributed by atoms with Crippen LogP contribution in [0.4, 0.5) is 0 Å². The molecular weight excluding hydrogens is 560 g/mol. The summed E-state index contributed by atoms with van der Waals surface area (Å²) < 4.78 is 27.2. The van der Waals surface area contributed by atoms with Crippen LogP contribution < -0.4 is 29.6 Å². The van der Waals surface area contributed by atoms with E-state index in [1.807, 2.05) is 24.4 Å². The molecule has 1 amide bonds. The molecule has 1 aliphatic rings. The summed E-state index contributed by atoms with van der Waals surface area (Å²) in [5, 5.41) is 7.70. The first-order valence-corrected chi connectivity index (χ1v) is 14.4. The number of nitrogens with one attached hydrogen (secondary N) is 3. The minimum atomic E-state index is -0.719. The van der Waals surface area contributed by atoms with Crippen molar-refractivity contribution in [3.63, 3.8) is 0 Å². The van der Waals surface area contributed by atoms with E-state index in [1.165, 1.54) is 33.1 Å². The van der Waals surface area contributed by atoms with Gasteiger partial charge in [-0.2, -0.15) is 0 Å². The molecule has 0 bridgehead atoms. The number of amides is 1. The lowest BCUT2D eigenvalue weighted by atomic mass is 9.96. The molecule has 3 aromatic rings. The Hall–Kier alpha value is -4.32. The second-order valence-corrected chi connectivity index (χ2v) is 10.3. The van der Waals surface area contributed by atoms with Gasteiger partial charge < -0.3 is 39.3 Å². The summed E-state index contributed by atoms with van der Waals surface area (Å²) >= 11 is 1.25. The van der Waals surface area contributed by atoms with E-state index in [0.717, 1.165) is 22.2 Å². The van der Waals surface area contributed by atoms with Crippen LogP contribution >= 0.6 is 11.8 Å². The van der Waals surface area contributed by atoms with Crippen molar-refractivity contribution in [3.05, 3.63) is 58.9 Å². The van der Waals surface area contributed by atoms with E-state index in [9.17, 15) is 9.59 Å². The largest absolute Gasteiger partial charge is 0.497 e. The minimum absolute atomic E-state index is 0.135. The number of esters is 1. The van der Waals surface area contributed by atoms with E-state index in [0.29, 0.717) is 52.2 Å². The average molecular weight is 597 g/mol. The highest BCUT2D eigenvalue weighted by Gasteiger charge is 2.32. The predicted molar refractivity (Wildman–Crippen MR) is 163 cm³/mol. The Morgan fingerprint density at radius 1 is 1.02 bits per heavy atom. The van der Waals surface area contributed by atoms with Gasteiger partial charge in [0.1, 0.15) is 11.8 Å². The highest BCUT2D eigenvalue weighted by Crippen LogP contribution is 2.43. The van der Waals surface area contributed by atoms with Crippen LogP contribution in [0.3, 0.4) is 0 Å². The van der Waals surface area contributed by atoms with Crippen LogP contribution in [-0.4, -0.2) is 69.4 Å². The first-order valence-electron chi connectivity index (χ1n) is 13.4. The highest BCUT2D eigenvalue weighted by molar-refractivity contribution is 8.14. The third kappa shape index (κ3) is 6.76. The van der Waals surface area contributed by atoms with Gasteiger partial charge in [0, 0.05) is 29.3 Å². The number of amidine groups is 1. The fourth-order valence-corrected chi connectivity index (χ4v) is 5.48. The van der Waals surface area contributed by atoms with Gasteiger partial charge in [-0.1, -0.05) is 11.8 Å². The maximum atomic E-state index is 13.0. The lowest BCUT2D eigenvalue weighted by molar-refractivity contribution is -0.139. The third-order valence-electron chi connectivity index (χ3n) is 6.75. The third-order valence-corrected chi connectivity index (χ3v) is 7.63. The molecule has 0 radical (unpaired) electrons. The lowest BCUT2D eigenvalue weighted by Crippen LogP contribution is -2.33.